The molecule has 0 spiro atoms. The predicted molar refractivity (Wildman–Crippen MR) is 170 cm³/mol. The molecule has 0 atom stereocenters. The Hall–Kier alpha value is -3.37. The number of nitrogens with zero attached hydrogens (tertiary/aromatic N) is 3. The maximum atomic E-state index is 5.75. The van der Waals surface area contributed by atoms with Gasteiger partial charge in [-0.05, 0) is 75.5 Å². The summed E-state index contributed by atoms with van der Waals surface area (Å²) < 4.78 is 8.23. The first-order valence-electron chi connectivity index (χ1n) is 15.6. The lowest BCUT2D eigenvalue weighted by molar-refractivity contribution is -0.433. The van der Waals surface area contributed by atoms with E-state index in [0.717, 1.165) is 52.2 Å². The summed E-state index contributed by atoms with van der Waals surface area (Å²) in [4.78, 5) is 5.04. The molecule has 4 heteroatoms. The van der Waals surface area contributed by atoms with Crippen molar-refractivity contribution >= 4 is 11.4 Å². The minimum Gasteiger partial charge on any atom is -0.378 e. The summed E-state index contributed by atoms with van der Waals surface area (Å²) in [7, 11) is 0. The van der Waals surface area contributed by atoms with Crippen molar-refractivity contribution in [2.24, 2.45) is 5.41 Å². The fourth-order valence-electron chi connectivity index (χ4n) is 7.54. The molecule has 0 radical (unpaired) electrons. The van der Waals surface area contributed by atoms with Crippen molar-refractivity contribution < 1.29 is 9.31 Å². The second kappa shape index (κ2) is 10.8. The van der Waals surface area contributed by atoms with Crippen LogP contribution in [0.25, 0.3) is 0 Å². The standard InChI is InChI=1S/C37H46N3O/c1-7-39-31-15-11-9-13-29(31)36(3,4)33(39)21-19-27-17-18-28(35(27)38-23-25-41-26-24-38)20-22-34-37(5,6)30-14-10-12-16-32(30)40(34)8-2/h9,11-13,15-22H,7-8,10,14,23-26H2,1-6H3/q+1. The average molecular weight is 549 g/mol. The van der Waals surface area contributed by atoms with Gasteiger partial charge < -0.3 is 14.5 Å². The molecule has 3 aliphatic heterocycles. The van der Waals surface area contributed by atoms with Crippen LogP contribution in [0.5, 0.6) is 0 Å². The molecule has 0 amide bonds. The van der Waals surface area contributed by atoms with Crippen LogP contribution in [0.3, 0.4) is 0 Å². The van der Waals surface area contributed by atoms with Gasteiger partial charge in [0, 0.05) is 54.1 Å². The molecule has 2 aliphatic carbocycles. The average Bonchev–Trinajstić information content (AvgIpc) is 3.56. The lowest BCUT2D eigenvalue weighted by Gasteiger charge is -2.31. The number of allylic oxidation sites excluding steroid dienone is 10. The summed E-state index contributed by atoms with van der Waals surface area (Å²) in [5.41, 5.74) is 12.4. The maximum absolute atomic E-state index is 5.75. The van der Waals surface area contributed by atoms with E-state index in [4.69, 9.17) is 4.74 Å². The molecule has 41 heavy (non-hydrogen) atoms. The topological polar surface area (TPSA) is 18.7 Å². The summed E-state index contributed by atoms with van der Waals surface area (Å²) in [6.45, 7) is 19.4. The number of ether oxygens (including phenoxy) is 1. The van der Waals surface area contributed by atoms with E-state index in [1.54, 1.807) is 5.57 Å². The van der Waals surface area contributed by atoms with E-state index in [2.05, 4.69) is 129 Å². The van der Waals surface area contributed by atoms with E-state index in [1.807, 2.05) is 0 Å². The van der Waals surface area contributed by atoms with Crippen LogP contribution in [0.15, 0.2) is 107 Å². The predicted octanol–water partition coefficient (Wildman–Crippen LogP) is 7.57. The molecule has 3 heterocycles. The normalized spacial score (nSPS) is 25.1. The molecule has 4 nitrogen and oxygen atoms in total. The molecule has 0 saturated carbocycles. The molecule has 5 aliphatic rings. The lowest BCUT2D eigenvalue weighted by atomic mass is 9.79. The molecular weight excluding hydrogens is 502 g/mol. The Balaban J connectivity index is 1.39. The zero-order chi connectivity index (χ0) is 28.8. The summed E-state index contributed by atoms with van der Waals surface area (Å²) in [6, 6.07) is 8.87. The molecule has 1 fully saturated rings. The highest BCUT2D eigenvalue weighted by atomic mass is 16.5. The van der Waals surface area contributed by atoms with E-state index in [-0.39, 0.29) is 10.8 Å². The molecule has 214 valence electrons. The van der Waals surface area contributed by atoms with Gasteiger partial charge in [0.15, 0.2) is 5.71 Å². The van der Waals surface area contributed by atoms with Gasteiger partial charge in [-0.3, -0.25) is 0 Å². The van der Waals surface area contributed by atoms with Crippen LogP contribution in [0.4, 0.5) is 5.69 Å². The van der Waals surface area contributed by atoms with Crippen LogP contribution in [0.2, 0.25) is 0 Å². The number of benzene rings is 1. The van der Waals surface area contributed by atoms with Gasteiger partial charge in [-0.15, -0.1) is 0 Å². The van der Waals surface area contributed by atoms with E-state index >= 15 is 0 Å². The van der Waals surface area contributed by atoms with Gasteiger partial charge in [0.1, 0.15) is 6.54 Å². The van der Waals surface area contributed by atoms with Crippen LogP contribution in [-0.4, -0.2) is 59.5 Å². The Bertz CT molecular complexity index is 1480. The molecular formula is C37H46N3O+. The number of rotatable bonds is 6. The largest absolute Gasteiger partial charge is 0.378 e. The van der Waals surface area contributed by atoms with Crippen LogP contribution in [0, 0.1) is 5.41 Å². The molecule has 0 aromatic heterocycles. The van der Waals surface area contributed by atoms with Crippen LogP contribution < -0.4 is 0 Å². The number of likely N-dealkylation sites (N-methyl/N-ethyl adjacent to an activating group) is 1. The quantitative estimate of drug-likeness (QED) is 0.342. The van der Waals surface area contributed by atoms with Crippen LogP contribution >= 0.6 is 0 Å². The molecule has 0 N–H and O–H groups in total. The van der Waals surface area contributed by atoms with Crippen molar-refractivity contribution in [3.63, 3.8) is 0 Å². The van der Waals surface area contributed by atoms with Crippen LogP contribution in [-0.2, 0) is 10.2 Å². The van der Waals surface area contributed by atoms with Gasteiger partial charge in [0.2, 0.25) is 5.69 Å². The molecule has 6 rings (SSSR count). The fourth-order valence-corrected chi connectivity index (χ4v) is 7.54. The number of hydrogen-bond acceptors (Lipinski definition) is 3. The highest BCUT2D eigenvalue weighted by molar-refractivity contribution is 6.03. The molecule has 1 aromatic rings. The minimum atomic E-state index is -0.0353. The second-order valence-corrected chi connectivity index (χ2v) is 12.7. The van der Waals surface area contributed by atoms with Crippen molar-refractivity contribution in [1.29, 1.82) is 0 Å². The Morgan fingerprint density at radius 3 is 2.46 bits per heavy atom. The van der Waals surface area contributed by atoms with E-state index < -0.39 is 0 Å². The zero-order valence-corrected chi connectivity index (χ0v) is 25.8. The van der Waals surface area contributed by atoms with Crippen molar-refractivity contribution in [2.45, 2.75) is 59.8 Å². The molecule has 0 bridgehead atoms. The van der Waals surface area contributed by atoms with Crippen molar-refractivity contribution in [1.82, 2.24) is 9.80 Å². The first kappa shape index (κ1) is 27.8. The Kier molecular flexibility index (Phi) is 7.32. The van der Waals surface area contributed by atoms with Crippen LogP contribution in [0.1, 0.15) is 59.9 Å². The fraction of sp³-hybridized carbons (Fsp3) is 0.432. The van der Waals surface area contributed by atoms with Crippen molar-refractivity contribution in [3.05, 3.63) is 112 Å². The SMILES string of the molecule is CCN1C2=C(CCC=C2)C(C)(C)/C1=C\C=C1/C=CC(/C=C/C2=[N+](CC)c3ccccc3C2(C)C)=C1N1CCOCC1. The summed E-state index contributed by atoms with van der Waals surface area (Å²) in [5.74, 6) is 0. The number of para-hydroxylation sites is 1. The monoisotopic (exact) mass is 548 g/mol. The zero-order valence-electron chi connectivity index (χ0n) is 25.8. The minimum absolute atomic E-state index is 0.0353. The molecule has 0 unspecified atom stereocenters. The van der Waals surface area contributed by atoms with E-state index in [1.165, 1.54) is 45.2 Å². The van der Waals surface area contributed by atoms with Crippen molar-refractivity contribution in [2.75, 3.05) is 39.4 Å². The first-order chi connectivity index (χ1) is 19.8. The summed E-state index contributed by atoms with van der Waals surface area (Å²) in [6.07, 6.45) is 21.1. The highest BCUT2D eigenvalue weighted by Crippen LogP contribution is 2.50. The second-order valence-electron chi connectivity index (χ2n) is 12.7. The molecule has 1 aromatic carbocycles. The molecule has 1 saturated heterocycles. The number of fused-ring (bicyclic) bond motifs is 1. The van der Waals surface area contributed by atoms with Gasteiger partial charge in [-0.25, -0.2) is 0 Å². The van der Waals surface area contributed by atoms with Crippen molar-refractivity contribution in [3.8, 4) is 0 Å². The van der Waals surface area contributed by atoms with Gasteiger partial charge in [-0.1, -0.05) is 56.4 Å². The summed E-state index contributed by atoms with van der Waals surface area (Å²) >= 11 is 0. The van der Waals surface area contributed by atoms with Gasteiger partial charge in [-0.2, -0.15) is 4.58 Å². The summed E-state index contributed by atoms with van der Waals surface area (Å²) in [5, 5.41) is 0. The number of hydrogen-bond donors (Lipinski definition) is 0. The number of morpholine rings is 1. The Morgan fingerprint density at radius 2 is 1.71 bits per heavy atom. The Labute approximate surface area is 247 Å². The van der Waals surface area contributed by atoms with E-state index in [0.29, 0.717) is 0 Å². The van der Waals surface area contributed by atoms with Gasteiger partial charge in [0.25, 0.3) is 0 Å². The third-order valence-electron chi connectivity index (χ3n) is 9.71. The first-order valence-corrected chi connectivity index (χ1v) is 15.6. The lowest BCUT2D eigenvalue weighted by Crippen LogP contribution is -2.36. The smallest absolute Gasteiger partial charge is 0.209 e. The van der Waals surface area contributed by atoms with Gasteiger partial charge >= 0.3 is 0 Å². The Morgan fingerprint density at radius 1 is 0.927 bits per heavy atom. The third kappa shape index (κ3) is 4.61. The maximum Gasteiger partial charge on any atom is 0.209 e. The highest BCUT2D eigenvalue weighted by Gasteiger charge is 2.44. The third-order valence-corrected chi connectivity index (χ3v) is 9.71. The van der Waals surface area contributed by atoms with Gasteiger partial charge in [0.05, 0.1) is 24.3 Å². The van der Waals surface area contributed by atoms with E-state index in [9.17, 15) is 0 Å².